The third kappa shape index (κ3) is 3.14. The van der Waals surface area contributed by atoms with Gasteiger partial charge in [0.15, 0.2) is 0 Å². The van der Waals surface area contributed by atoms with Crippen LogP contribution < -0.4 is 4.90 Å². The average molecular weight is 393 g/mol. The fourth-order valence-corrected chi connectivity index (χ4v) is 3.27. The van der Waals surface area contributed by atoms with Crippen molar-refractivity contribution in [1.82, 2.24) is 0 Å². The number of halogens is 3. The molecule has 110 valence electrons. The maximum atomic E-state index is 6.51. The summed E-state index contributed by atoms with van der Waals surface area (Å²) in [5.41, 5.74) is 2.87. The van der Waals surface area contributed by atoms with Crippen molar-refractivity contribution in [3.8, 4) is 0 Å². The van der Waals surface area contributed by atoms with Crippen LogP contribution in [0.3, 0.4) is 0 Å². The Bertz CT molecular complexity index is 736. The number of rotatable bonds is 3. The molecule has 22 heavy (non-hydrogen) atoms. The molecule has 3 aromatic rings. The number of nitrogens with zero attached hydrogens (tertiary/aromatic N) is 1. The topological polar surface area (TPSA) is 3.24 Å². The summed E-state index contributed by atoms with van der Waals surface area (Å²) in [6.07, 6.45) is 0. The fourth-order valence-electron chi connectivity index (χ4n) is 2.29. The quantitative estimate of drug-likeness (QED) is 0.425. The second-order valence-electron chi connectivity index (χ2n) is 4.73. The summed E-state index contributed by atoms with van der Waals surface area (Å²) in [7, 11) is 0. The molecule has 0 amide bonds. The third-order valence-corrected chi connectivity index (χ3v) is 4.71. The zero-order valence-electron chi connectivity index (χ0n) is 11.5. The van der Waals surface area contributed by atoms with Gasteiger partial charge in [-0.3, -0.25) is 0 Å². The Morgan fingerprint density at radius 2 is 1.23 bits per heavy atom. The minimum absolute atomic E-state index is 0.622. The van der Waals surface area contributed by atoms with Crippen LogP contribution in [0.25, 0.3) is 0 Å². The lowest BCUT2D eigenvalue weighted by Gasteiger charge is -2.26. The minimum atomic E-state index is 0.622. The number of anilines is 3. The Kier molecular flexibility index (Phi) is 4.72. The highest BCUT2D eigenvalue weighted by molar-refractivity contribution is 9.10. The molecule has 0 aliphatic rings. The van der Waals surface area contributed by atoms with Crippen LogP contribution in [0.4, 0.5) is 17.1 Å². The normalized spacial score (nSPS) is 10.5. The molecule has 0 spiro atoms. The minimum Gasteiger partial charge on any atom is -0.309 e. The van der Waals surface area contributed by atoms with Gasteiger partial charge in [-0.2, -0.15) is 0 Å². The van der Waals surface area contributed by atoms with Gasteiger partial charge in [-0.05, 0) is 52.3 Å². The molecule has 0 heterocycles. The summed E-state index contributed by atoms with van der Waals surface area (Å²) in [6, 6.07) is 23.8. The number of hydrogen-bond acceptors (Lipinski definition) is 1. The van der Waals surface area contributed by atoms with E-state index in [0.717, 1.165) is 21.5 Å². The Hall–Kier alpha value is -1.48. The van der Waals surface area contributed by atoms with Gasteiger partial charge in [-0.25, -0.2) is 0 Å². The third-order valence-electron chi connectivity index (χ3n) is 3.24. The SMILES string of the molecule is Clc1cc(Br)c(Cl)c(N(c2ccccc2)c2ccccc2)c1. The first-order valence-electron chi connectivity index (χ1n) is 6.71. The molecule has 0 aliphatic carbocycles. The molecule has 0 atom stereocenters. The summed E-state index contributed by atoms with van der Waals surface area (Å²) >= 11 is 16.2. The van der Waals surface area contributed by atoms with Gasteiger partial charge in [0.1, 0.15) is 0 Å². The van der Waals surface area contributed by atoms with Crippen molar-refractivity contribution in [3.63, 3.8) is 0 Å². The van der Waals surface area contributed by atoms with E-state index in [4.69, 9.17) is 23.2 Å². The summed E-state index contributed by atoms with van der Waals surface area (Å²) in [4.78, 5) is 2.08. The zero-order chi connectivity index (χ0) is 15.5. The monoisotopic (exact) mass is 391 g/mol. The first-order valence-corrected chi connectivity index (χ1v) is 8.26. The standard InChI is InChI=1S/C18H12BrCl2N/c19-16-11-13(20)12-17(18(16)21)22(14-7-3-1-4-8-14)15-9-5-2-6-10-15/h1-12H. The van der Waals surface area contributed by atoms with E-state index in [9.17, 15) is 0 Å². The molecule has 0 radical (unpaired) electrons. The van der Waals surface area contributed by atoms with Crippen LogP contribution in [0.5, 0.6) is 0 Å². The molecular weight excluding hydrogens is 381 g/mol. The van der Waals surface area contributed by atoms with Crippen molar-refractivity contribution in [2.45, 2.75) is 0 Å². The van der Waals surface area contributed by atoms with Crippen molar-refractivity contribution >= 4 is 56.2 Å². The molecule has 0 unspecified atom stereocenters. The van der Waals surface area contributed by atoms with Gasteiger partial charge in [0, 0.05) is 20.9 Å². The number of para-hydroxylation sites is 2. The molecule has 0 saturated carbocycles. The molecule has 3 rings (SSSR count). The van der Waals surface area contributed by atoms with E-state index < -0.39 is 0 Å². The first kappa shape index (κ1) is 15.4. The fraction of sp³-hybridized carbons (Fsp3) is 0. The first-order chi connectivity index (χ1) is 10.7. The summed E-state index contributed by atoms with van der Waals surface area (Å²) < 4.78 is 0.772. The number of benzene rings is 3. The molecule has 0 saturated heterocycles. The molecule has 1 nitrogen and oxygen atoms in total. The van der Waals surface area contributed by atoms with Crippen molar-refractivity contribution in [2.24, 2.45) is 0 Å². The Morgan fingerprint density at radius 1 is 0.727 bits per heavy atom. The van der Waals surface area contributed by atoms with E-state index in [0.29, 0.717) is 10.0 Å². The van der Waals surface area contributed by atoms with Crippen LogP contribution in [0, 0.1) is 0 Å². The van der Waals surface area contributed by atoms with Gasteiger partial charge in [-0.1, -0.05) is 59.6 Å². The average Bonchev–Trinajstić information content (AvgIpc) is 2.54. The molecule has 3 aromatic carbocycles. The molecule has 4 heteroatoms. The van der Waals surface area contributed by atoms with Gasteiger partial charge in [-0.15, -0.1) is 0 Å². The van der Waals surface area contributed by atoms with E-state index in [2.05, 4.69) is 20.8 Å². The van der Waals surface area contributed by atoms with E-state index in [-0.39, 0.29) is 0 Å². The van der Waals surface area contributed by atoms with Crippen LogP contribution in [0.15, 0.2) is 77.3 Å². The van der Waals surface area contributed by atoms with Gasteiger partial charge in [0.25, 0.3) is 0 Å². The molecule has 0 aliphatic heterocycles. The highest BCUT2D eigenvalue weighted by Gasteiger charge is 2.17. The smallest absolute Gasteiger partial charge is 0.0789 e. The molecule has 0 bridgehead atoms. The van der Waals surface area contributed by atoms with Crippen molar-refractivity contribution < 1.29 is 0 Å². The summed E-state index contributed by atoms with van der Waals surface area (Å²) in [5.74, 6) is 0. The summed E-state index contributed by atoms with van der Waals surface area (Å²) in [5, 5.41) is 1.25. The molecule has 0 N–H and O–H groups in total. The number of hydrogen-bond donors (Lipinski definition) is 0. The highest BCUT2D eigenvalue weighted by atomic mass is 79.9. The van der Waals surface area contributed by atoms with E-state index in [1.165, 1.54) is 0 Å². The van der Waals surface area contributed by atoms with Crippen LogP contribution in [-0.4, -0.2) is 0 Å². The maximum absolute atomic E-state index is 6.51. The van der Waals surface area contributed by atoms with Gasteiger partial charge < -0.3 is 4.90 Å². The van der Waals surface area contributed by atoms with E-state index >= 15 is 0 Å². The lowest BCUT2D eigenvalue weighted by atomic mass is 10.2. The second kappa shape index (κ2) is 6.74. The summed E-state index contributed by atoms with van der Waals surface area (Å²) in [6.45, 7) is 0. The lowest BCUT2D eigenvalue weighted by Crippen LogP contribution is -2.10. The van der Waals surface area contributed by atoms with Gasteiger partial charge in [0.05, 0.1) is 10.7 Å². The highest BCUT2D eigenvalue weighted by Crippen LogP contribution is 2.42. The van der Waals surface area contributed by atoms with Crippen LogP contribution >= 0.6 is 39.1 Å². The van der Waals surface area contributed by atoms with Crippen molar-refractivity contribution in [2.75, 3.05) is 4.90 Å². The van der Waals surface area contributed by atoms with E-state index in [1.54, 1.807) is 6.07 Å². The predicted molar refractivity (Wildman–Crippen MR) is 98.8 cm³/mol. The molecular formula is C18H12BrCl2N. The van der Waals surface area contributed by atoms with Gasteiger partial charge >= 0.3 is 0 Å². The zero-order valence-corrected chi connectivity index (χ0v) is 14.6. The van der Waals surface area contributed by atoms with Crippen molar-refractivity contribution in [3.05, 3.63) is 87.3 Å². The maximum Gasteiger partial charge on any atom is 0.0789 e. The van der Waals surface area contributed by atoms with Crippen LogP contribution in [0.2, 0.25) is 10.0 Å². The van der Waals surface area contributed by atoms with Gasteiger partial charge in [0.2, 0.25) is 0 Å². The predicted octanol–water partition coefficient (Wildman–Crippen LogP) is 7.23. The van der Waals surface area contributed by atoms with Crippen LogP contribution in [-0.2, 0) is 0 Å². The Morgan fingerprint density at radius 3 is 1.73 bits per heavy atom. The largest absolute Gasteiger partial charge is 0.309 e. The molecule has 0 aromatic heterocycles. The Balaban J connectivity index is 2.23. The van der Waals surface area contributed by atoms with Crippen LogP contribution in [0.1, 0.15) is 0 Å². The molecule has 0 fully saturated rings. The second-order valence-corrected chi connectivity index (χ2v) is 6.40. The van der Waals surface area contributed by atoms with E-state index in [1.807, 2.05) is 66.7 Å². The Labute approximate surface area is 148 Å². The lowest BCUT2D eigenvalue weighted by molar-refractivity contribution is 1.28. The van der Waals surface area contributed by atoms with Crippen molar-refractivity contribution in [1.29, 1.82) is 0 Å².